The number of carbonyl (C=O) groups is 2. The predicted octanol–water partition coefficient (Wildman–Crippen LogP) is 1.50. The lowest BCUT2D eigenvalue weighted by Gasteiger charge is -2.11. The Hall–Kier alpha value is -2.08. The summed E-state index contributed by atoms with van der Waals surface area (Å²) in [6, 6.07) is 7.51. The van der Waals surface area contributed by atoms with Crippen LogP contribution in [0.2, 0.25) is 0 Å². The first kappa shape index (κ1) is 18.0. The van der Waals surface area contributed by atoms with Crippen molar-refractivity contribution >= 4 is 11.9 Å². The Morgan fingerprint density at radius 2 is 1.86 bits per heavy atom. The first-order valence-corrected chi connectivity index (χ1v) is 7.32. The molecule has 122 valence electrons. The maximum absolute atomic E-state index is 11.4. The average molecular weight is 308 g/mol. The molecular weight excluding hydrogens is 284 g/mol. The molecule has 0 fully saturated rings. The van der Waals surface area contributed by atoms with Crippen molar-refractivity contribution < 1.29 is 19.4 Å². The van der Waals surface area contributed by atoms with Crippen molar-refractivity contribution in [3.63, 3.8) is 0 Å². The first-order chi connectivity index (χ1) is 10.5. The molecule has 1 aromatic carbocycles. The average Bonchev–Trinajstić information content (AvgIpc) is 2.48. The van der Waals surface area contributed by atoms with E-state index in [9.17, 15) is 9.59 Å². The third kappa shape index (κ3) is 8.26. The number of carbonyl (C=O) groups excluding carboxylic acids is 1. The number of carboxylic acid groups (broad SMARTS) is 1. The van der Waals surface area contributed by atoms with Crippen LogP contribution in [-0.2, 0) is 16.1 Å². The molecule has 2 N–H and O–H groups in total. The van der Waals surface area contributed by atoms with Crippen LogP contribution in [0.5, 0.6) is 5.75 Å². The first-order valence-electron chi connectivity index (χ1n) is 7.32. The molecule has 0 atom stereocenters. The largest absolute Gasteiger partial charge is 0.494 e. The number of nitrogens with one attached hydrogen (secondary N) is 1. The third-order valence-electron chi connectivity index (χ3n) is 3.00. The van der Waals surface area contributed by atoms with Gasteiger partial charge in [0.05, 0.1) is 13.0 Å². The van der Waals surface area contributed by atoms with Gasteiger partial charge < -0.3 is 20.1 Å². The van der Waals surface area contributed by atoms with Gasteiger partial charge in [0.2, 0.25) is 5.91 Å². The van der Waals surface area contributed by atoms with Gasteiger partial charge in [-0.3, -0.25) is 9.59 Å². The second-order valence-electron chi connectivity index (χ2n) is 5.32. The number of rotatable bonds is 10. The molecule has 0 saturated carbocycles. The summed E-state index contributed by atoms with van der Waals surface area (Å²) in [4.78, 5) is 23.9. The predicted molar refractivity (Wildman–Crippen MR) is 83.8 cm³/mol. The van der Waals surface area contributed by atoms with E-state index in [0.717, 1.165) is 24.3 Å². The highest BCUT2D eigenvalue weighted by atomic mass is 16.5. The number of hydrogen-bond donors (Lipinski definition) is 2. The molecule has 6 heteroatoms. The van der Waals surface area contributed by atoms with E-state index in [1.165, 1.54) is 0 Å². The van der Waals surface area contributed by atoms with E-state index in [2.05, 4.69) is 10.2 Å². The maximum atomic E-state index is 11.4. The lowest BCUT2D eigenvalue weighted by Crippen LogP contribution is -2.23. The SMILES string of the molecule is CN(C)CCCOc1ccc(CNC(=O)CCC(=O)O)cc1. The summed E-state index contributed by atoms with van der Waals surface area (Å²) in [6.07, 6.45) is 0.822. The summed E-state index contributed by atoms with van der Waals surface area (Å²) >= 11 is 0. The summed E-state index contributed by atoms with van der Waals surface area (Å²) < 4.78 is 5.62. The summed E-state index contributed by atoms with van der Waals surface area (Å²) in [5.74, 6) is -0.419. The van der Waals surface area contributed by atoms with E-state index in [0.29, 0.717) is 13.2 Å². The summed E-state index contributed by atoms with van der Waals surface area (Å²) in [6.45, 7) is 2.04. The Morgan fingerprint density at radius 3 is 2.45 bits per heavy atom. The molecule has 0 bridgehead atoms. The molecule has 0 radical (unpaired) electrons. The van der Waals surface area contributed by atoms with Gasteiger partial charge in [-0.05, 0) is 38.2 Å². The monoisotopic (exact) mass is 308 g/mol. The fraction of sp³-hybridized carbons (Fsp3) is 0.500. The van der Waals surface area contributed by atoms with E-state index in [4.69, 9.17) is 9.84 Å². The van der Waals surface area contributed by atoms with E-state index < -0.39 is 5.97 Å². The molecule has 0 aliphatic carbocycles. The van der Waals surface area contributed by atoms with Gasteiger partial charge in [0, 0.05) is 19.5 Å². The van der Waals surface area contributed by atoms with Crippen molar-refractivity contribution in [2.75, 3.05) is 27.2 Å². The van der Waals surface area contributed by atoms with Crippen molar-refractivity contribution in [3.8, 4) is 5.75 Å². The second kappa shape index (κ2) is 9.78. The number of carboxylic acids is 1. The normalized spacial score (nSPS) is 10.5. The van der Waals surface area contributed by atoms with Crippen LogP contribution < -0.4 is 10.1 Å². The van der Waals surface area contributed by atoms with Gasteiger partial charge in [-0.15, -0.1) is 0 Å². The molecule has 6 nitrogen and oxygen atoms in total. The van der Waals surface area contributed by atoms with Gasteiger partial charge >= 0.3 is 5.97 Å². The lowest BCUT2D eigenvalue weighted by atomic mass is 10.2. The minimum Gasteiger partial charge on any atom is -0.494 e. The topological polar surface area (TPSA) is 78.9 Å². The van der Waals surface area contributed by atoms with Gasteiger partial charge in [0.15, 0.2) is 0 Å². The molecule has 0 saturated heterocycles. The number of nitrogens with zero attached hydrogens (tertiary/aromatic N) is 1. The van der Waals surface area contributed by atoms with Crippen LogP contribution in [0.4, 0.5) is 0 Å². The number of aliphatic carboxylic acids is 1. The number of ether oxygens (including phenoxy) is 1. The van der Waals surface area contributed by atoms with Crippen LogP contribution in [0.3, 0.4) is 0 Å². The standard InChI is InChI=1S/C16H24N2O4/c1-18(2)10-3-11-22-14-6-4-13(5-7-14)12-17-15(19)8-9-16(20)21/h4-7H,3,8-12H2,1-2H3,(H,17,19)(H,20,21). The molecule has 1 rings (SSSR count). The van der Waals surface area contributed by atoms with Crippen LogP contribution in [0.1, 0.15) is 24.8 Å². The molecule has 1 amide bonds. The minimum absolute atomic E-state index is 0.00238. The van der Waals surface area contributed by atoms with Gasteiger partial charge in [0.25, 0.3) is 0 Å². The van der Waals surface area contributed by atoms with Crippen LogP contribution in [0, 0.1) is 0 Å². The molecule has 22 heavy (non-hydrogen) atoms. The highest BCUT2D eigenvalue weighted by molar-refractivity contribution is 5.80. The zero-order valence-electron chi connectivity index (χ0n) is 13.2. The number of amides is 1. The highest BCUT2D eigenvalue weighted by Crippen LogP contribution is 2.12. The highest BCUT2D eigenvalue weighted by Gasteiger charge is 2.05. The third-order valence-corrected chi connectivity index (χ3v) is 3.00. The van der Waals surface area contributed by atoms with Gasteiger partial charge in [-0.1, -0.05) is 12.1 Å². The van der Waals surface area contributed by atoms with Crippen LogP contribution in [0.25, 0.3) is 0 Å². The van der Waals surface area contributed by atoms with E-state index in [1.807, 2.05) is 38.4 Å². The quantitative estimate of drug-likeness (QED) is 0.640. The molecule has 0 unspecified atom stereocenters. The van der Waals surface area contributed by atoms with E-state index in [1.54, 1.807) is 0 Å². The summed E-state index contributed by atoms with van der Waals surface area (Å²) in [5.41, 5.74) is 0.948. The minimum atomic E-state index is -0.967. The van der Waals surface area contributed by atoms with Crippen molar-refractivity contribution in [1.82, 2.24) is 10.2 Å². The van der Waals surface area contributed by atoms with Gasteiger partial charge in [-0.25, -0.2) is 0 Å². The van der Waals surface area contributed by atoms with Crippen molar-refractivity contribution in [3.05, 3.63) is 29.8 Å². The zero-order valence-corrected chi connectivity index (χ0v) is 13.2. The fourth-order valence-corrected chi connectivity index (χ4v) is 1.78. The Bertz CT molecular complexity index is 472. The molecule has 1 aromatic rings. The summed E-state index contributed by atoms with van der Waals surface area (Å²) in [5, 5.41) is 11.2. The Morgan fingerprint density at radius 1 is 1.18 bits per heavy atom. The molecular formula is C16H24N2O4. The summed E-state index contributed by atoms with van der Waals surface area (Å²) in [7, 11) is 4.05. The molecule has 0 aromatic heterocycles. The van der Waals surface area contributed by atoms with Crippen molar-refractivity contribution in [1.29, 1.82) is 0 Å². The van der Waals surface area contributed by atoms with E-state index in [-0.39, 0.29) is 18.7 Å². The van der Waals surface area contributed by atoms with Crippen molar-refractivity contribution in [2.45, 2.75) is 25.8 Å². The lowest BCUT2D eigenvalue weighted by molar-refractivity contribution is -0.138. The second-order valence-corrected chi connectivity index (χ2v) is 5.32. The maximum Gasteiger partial charge on any atom is 0.303 e. The Labute approximate surface area is 131 Å². The zero-order chi connectivity index (χ0) is 16.4. The van der Waals surface area contributed by atoms with Crippen molar-refractivity contribution in [2.24, 2.45) is 0 Å². The van der Waals surface area contributed by atoms with Gasteiger partial charge in [0.1, 0.15) is 5.75 Å². The molecule has 0 heterocycles. The van der Waals surface area contributed by atoms with Crippen LogP contribution in [-0.4, -0.2) is 49.1 Å². The van der Waals surface area contributed by atoms with Gasteiger partial charge in [-0.2, -0.15) is 0 Å². The van der Waals surface area contributed by atoms with Crippen LogP contribution >= 0.6 is 0 Å². The Kier molecular flexibility index (Phi) is 7.99. The van der Waals surface area contributed by atoms with E-state index >= 15 is 0 Å². The van der Waals surface area contributed by atoms with Crippen LogP contribution in [0.15, 0.2) is 24.3 Å². The molecule has 0 spiro atoms. The number of benzene rings is 1. The smallest absolute Gasteiger partial charge is 0.303 e. The molecule has 0 aliphatic heterocycles. The Balaban J connectivity index is 2.26. The molecule has 0 aliphatic rings. The number of hydrogen-bond acceptors (Lipinski definition) is 4. The fourth-order valence-electron chi connectivity index (χ4n) is 1.78.